The largest absolute Gasteiger partial charge is 0.476 e. The highest BCUT2D eigenvalue weighted by Crippen LogP contribution is 2.42. The quantitative estimate of drug-likeness (QED) is 0.114. The Balaban J connectivity index is 0.000000277. The molecule has 3 aromatic carbocycles. The van der Waals surface area contributed by atoms with Gasteiger partial charge in [-0.2, -0.15) is 0 Å². The first kappa shape index (κ1) is 65.6. The van der Waals surface area contributed by atoms with E-state index in [1.54, 1.807) is 65.5 Å². The number of terminal acetylenes is 1. The molecule has 20 heteroatoms. The summed E-state index contributed by atoms with van der Waals surface area (Å²) in [4.78, 5) is 103. The van der Waals surface area contributed by atoms with E-state index >= 15 is 0 Å². The molecule has 2 fully saturated rings. The molecule has 0 spiro atoms. The number of nitrogens with zero attached hydrogens (tertiary/aromatic N) is 6. The first-order chi connectivity index (χ1) is 39.3. The van der Waals surface area contributed by atoms with Crippen LogP contribution in [0.4, 0.5) is 25.8 Å². The Morgan fingerprint density at radius 1 is 0.726 bits per heavy atom. The van der Waals surface area contributed by atoms with Crippen LogP contribution in [0.5, 0.6) is 11.5 Å². The van der Waals surface area contributed by atoms with Gasteiger partial charge in [-0.25, -0.2) is 14.4 Å². The number of hydrogen-bond donors (Lipinski definition) is 2. The van der Waals surface area contributed by atoms with Crippen LogP contribution in [0.15, 0.2) is 54.6 Å². The smallest absolute Gasteiger partial charge is 0.410 e. The highest BCUT2D eigenvalue weighted by Gasteiger charge is 2.45. The van der Waals surface area contributed by atoms with Crippen molar-refractivity contribution in [1.29, 1.82) is 0 Å². The second kappa shape index (κ2) is 27.0. The molecule has 7 rings (SSSR count). The molecule has 7 amide bonds. The van der Waals surface area contributed by atoms with Gasteiger partial charge in [-0.1, -0.05) is 43.2 Å². The molecule has 3 N–H and O–H groups in total. The molecule has 0 unspecified atom stereocenters. The number of fused-ring (bicyclic) bond motifs is 2. The van der Waals surface area contributed by atoms with Crippen molar-refractivity contribution in [3.63, 3.8) is 0 Å². The zero-order valence-corrected chi connectivity index (χ0v) is 52.1. The number of benzene rings is 3. The lowest BCUT2D eigenvalue weighted by atomic mass is 9.96. The maximum Gasteiger partial charge on any atom is 0.410 e. The zero-order chi connectivity index (χ0) is 62.2. The van der Waals surface area contributed by atoms with Crippen LogP contribution in [-0.2, 0) is 36.8 Å². The number of nitrogens with one attached hydrogen (secondary N) is 1. The number of alkyl carbamates (subject to hydrolysis) is 1. The normalized spacial score (nSPS) is 18.2. The minimum absolute atomic E-state index is 0.0891. The number of aryl methyl sites for hydroxylation is 1. The summed E-state index contributed by atoms with van der Waals surface area (Å²) in [5.74, 6) is 2.61. The van der Waals surface area contributed by atoms with Crippen molar-refractivity contribution in [2.75, 3.05) is 62.2 Å². The Morgan fingerprint density at radius 2 is 1.19 bits per heavy atom. The Kier molecular flexibility index (Phi) is 21.1. The molecule has 0 aliphatic carbocycles. The Hall–Kier alpha value is -7.53. The van der Waals surface area contributed by atoms with Gasteiger partial charge >= 0.3 is 18.3 Å². The first-order valence-corrected chi connectivity index (χ1v) is 29.4. The van der Waals surface area contributed by atoms with Gasteiger partial charge in [0.25, 0.3) is 23.6 Å². The molecule has 2 saturated heterocycles. The number of ether oxygens (including phenoxy) is 5. The predicted molar refractivity (Wildman–Crippen MR) is 322 cm³/mol. The van der Waals surface area contributed by atoms with Gasteiger partial charge in [0.15, 0.2) is 11.2 Å². The highest BCUT2D eigenvalue weighted by molar-refractivity contribution is 6.06. The van der Waals surface area contributed by atoms with Crippen molar-refractivity contribution >= 4 is 53.3 Å². The third-order valence-corrected chi connectivity index (χ3v) is 14.7. The number of anilines is 2. The molecule has 3 aromatic rings. The van der Waals surface area contributed by atoms with Crippen molar-refractivity contribution < 1.29 is 57.2 Å². The second-order valence-corrected chi connectivity index (χ2v) is 25.3. The van der Waals surface area contributed by atoms with Gasteiger partial charge in [-0.05, 0) is 164 Å². The molecule has 0 radical (unpaired) electrons. The average molecular weight is 1160 g/mol. The van der Waals surface area contributed by atoms with Crippen LogP contribution in [0.25, 0.3) is 0 Å². The Bertz CT molecular complexity index is 2940. The lowest BCUT2D eigenvalue weighted by Gasteiger charge is -2.42. The van der Waals surface area contributed by atoms with Crippen molar-refractivity contribution in [3.05, 3.63) is 82.4 Å². The first-order valence-electron chi connectivity index (χ1n) is 29.4. The summed E-state index contributed by atoms with van der Waals surface area (Å²) in [6.45, 7) is 30.4. The van der Waals surface area contributed by atoms with Crippen molar-refractivity contribution in [2.24, 2.45) is 5.73 Å². The molecule has 4 heterocycles. The van der Waals surface area contributed by atoms with Gasteiger partial charge in [0.1, 0.15) is 29.3 Å². The van der Waals surface area contributed by atoms with Crippen LogP contribution in [0.3, 0.4) is 0 Å². The SMILES string of the molecule is C#Cc1cc2c(cc1C(=O)N(C(C)C)[C@@H]1CCCN(C(=O)OC(C)(C)C)C1)N(CCNC(=O)OCc1ccccc1)C(=O)C(C)(C)O2.CCc1cc2c(cc1C(=O)N(C(C)C)[C@@H]1CCCN(C(=O)OC(C)(C)C)C1)N(CCN)C(=O)C(C)(C)O2. The molecule has 458 valence electrons. The lowest BCUT2D eigenvalue weighted by Crippen LogP contribution is -2.55. The minimum Gasteiger partial charge on any atom is -0.476 e. The van der Waals surface area contributed by atoms with E-state index in [-0.39, 0.29) is 79.1 Å². The van der Waals surface area contributed by atoms with E-state index in [9.17, 15) is 33.6 Å². The van der Waals surface area contributed by atoms with Crippen molar-refractivity contribution in [1.82, 2.24) is 24.9 Å². The second-order valence-electron chi connectivity index (χ2n) is 25.3. The van der Waals surface area contributed by atoms with Gasteiger partial charge in [0, 0.05) is 75.6 Å². The summed E-state index contributed by atoms with van der Waals surface area (Å²) >= 11 is 0. The number of nitrogens with two attached hydrogens (primary N) is 1. The number of amides is 7. The summed E-state index contributed by atoms with van der Waals surface area (Å²) in [6.07, 6.45) is 8.16. The van der Waals surface area contributed by atoms with E-state index < -0.39 is 34.6 Å². The Labute approximate surface area is 496 Å². The summed E-state index contributed by atoms with van der Waals surface area (Å²) in [5.41, 5.74) is 6.14. The molecule has 0 aromatic heterocycles. The van der Waals surface area contributed by atoms with Crippen LogP contribution < -0.4 is 30.3 Å². The molecule has 2 atom stereocenters. The molecule has 0 bridgehead atoms. The third kappa shape index (κ3) is 16.0. The van der Waals surface area contributed by atoms with E-state index in [4.69, 9.17) is 35.8 Å². The zero-order valence-electron chi connectivity index (χ0n) is 52.1. The summed E-state index contributed by atoms with van der Waals surface area (Å²) in [5, 5.41) is 2.70. The van der Waals surface area contributed by atoms with Gasteiger partial charge in [0.05, 0.1) is 29.0 Å². The molecular weight excluding hydrogens is 1070 g/mol. The van der Waals surface area contributed by atoms with Crippen LogP contribution >= 0.6 is 0 Å². The maximum atomic E-state index is 14.3. The van der Waals surface area contributed by atoms with Crippen LogP contribution in [0, 0.1) is 12.3 Å². The fraction of sp³-hybridized carbons (Fsp3) is 0.578. The van der Waals surface area contributed by atoms with Crippen LogP contribution in [0.2, 0.25) is 0 Å². The van der Waals surface area contributed by atoms with Gasteiger partial charge in [0.2, 0.25) is 0 Å². The van der Waals surface area contributed by atoms with E-state index in [1.807, 2.05) is 117 Å². The fourth-order valence-corrected chi connectivity index (χ4v) is 10.9. The van der Waals surface area contributed by atoms with E-state index in [2.05, 4.69) is 11.2 Å². The third-order valence-electron chi connectivity index (χ3n) is 14.7. The van der Waals surface area contributed by atoms with Gasteiger partial charge in [-0.15, -0.1) is 6.42 Å². The fourth-order valence-electron chi connectivity index (χ4n) is 10.9. The summed E-state index contributed by atoms with van der Waals surface area (Å²) in [7, 11) is 0. The standard InChI is InChI=1S/C36H46N4O7.C28H44N4O5/c1-9-26-20-30-29(39(32(42)36(7,8)46-30)19-17-37-33(43)45-23-25-14-11-10-12-15-25)21-28(26)31(41)40(24(2)3)27-16-13-18-38(22-27)34(44)47-35(4,5)6;1-9-19-15-23-22(31(14-12-29)25(34)28(7,8)36-23)16-21(19)24(33)32(18(2)3)20-11-10-13-30(17-20)26(35)37-27(4,5)6/h1,10-12,14-15,20-21,24,27H,13,16-19,22-23H2,2-8H3,(H,37,43);15-16,18,20H,9-14,17,29H2,1-8H3/t27-;20-/m11/s1. The van der Waals surface area contributed by atoms with E-state index in [0.29, 0.717) is 92.5 Å². The summed E-state index contributed by atoms with van der Waals surface area (Å²) < 4.78 is 28.7. The number of rotatable bonds is 14. The van der Waals surface area contributed by atoms with E-state index in [0.717, 1.165) is 24.0 Å². The number of piperidine rings is 2. The van der Waals surface area contributed by atoms with E-state index in [1.165, 1.54) is 4.90 Å². The topological polar surface area (TPSA) is 223 Å². The van der Waals surface area contributed by atoms with Gasteiger partial charge in [-0.3, -0.25) is 19.2 Å². The van der Waals surface area contributed by atoms with Gasteiger partial charge < -0.3 is 64.1 Å². The van der Waals surface area contributed by atoms with Crippen LogP contribution in [-0.4, -0.2) is 160 Å². The molecule has 84 heavy (non-hydrogen) atoms. The van der Waals surface area contributed by atoms with Crippen LogP contribution in [0.1, 0.15) is 167 Å². The van der Waals surface area contributed by atoms with Crippen molar-refractivity contribution in [2.45, 2.75) is 189 Å². The predicted octanol–water partition coefficient (Wildman–Crippen LogP) is 9.31. The summed E-state index contributed by atoms with van der Waals surface area (Å²) in [6, 6.07) is 15.4. The number of carbonyl (C=O) groups excluding carboxylic acids is 7. The Morgan fingerprint density at radius 3 is 1.64 bits per heavy atom. The maximum absolute atomic E-state index is 14.3. The monoisotopic (exact) mass is 1160 g/mol. The number of hydrogen-bond acceptors (Lipinski definition) is 13. The van der Waals surface area contributed by atoms with Crippen molar-refractivity contribution in [3.8, 4) is 23.8 Å². The minimum atomic E-state index is -1.21. The molecular formula is C64H90N8O12. The number of carbonyl (C=O) groups is 7. The highest BCUT2D eigenvalue weighted by atomic mass is 16.6. The molecule has 4 aliphatic rings. The molecule has 20 nitrogen and oxygen atoms in total. The average Bonchev–Trinajstić information content (AvgIpc) is 1.07. The number of likely N-dealkylation sites (tertiary alicyclic amines) is 2. The lowest BCUT2D eigenvalue weighted by molar-refractivity contribution is -0.133. The molecule has 0 saturated carbocycles. The molecule has 4 aliphatic heterocycles.